The Labute approximate surface area is 211 Å². The van der Waals surface area contributed by atoms with Crippen LogP contribution in [0.25, 0.3) is 0 Å². The molecule has 2 aromatic carbocycles. The van der Waals surface area contributed by atoms with Crippen molar-refractivity contribution in [3.05, 3.63) is 55.5 Å². The molecule has 2 aromatic rings. The second kappa shape index (κ2) is 11.2. The summed E-state index contributed by atoms with van der Waals surface area (Å²) < 4.78 is 13.4. The number of aromatic hydroxyl groups is 1. The van der Waals surface area contributed by atoms with Crippen molar-refractivity contribution in [3.8, 4) is 11.5 Å². The number of ether oxygens (including phenoxy) is 2. The van der Waals surface area contributed by atoms with Crippen molar-refractivity contribution in [1.29, 1.82) is 0 Å². The average Bonchev–Trinajstić information content (AvgIpc) is 2.79. The number of carbonyl (C=O) groups is 2. The van der Waals surface area contributed by atoms with Crippen LogP contribution in [0.1, 0.15) is 47.9 Å². The Morgan fingerprint density at radius 2 is 1.55 bits per heavy atom. The van der Waals surface area contributed by atoms with Crippen molar-refractivity contribution in [2.24, 2.45) is 5.92 Å². The second-order valence-electron chi connectivity index (χ2n) is 8.93. The van der Waals surface area contributed by atoms with E-state index in [1.54, 1.807) is 6.07 Å². The zero-order valence-corrected chi connectivity index (χ0v) is 21.7. The molecule has 0 aromatic heterocycles. The highest BCUT2D eigenvalue weighted by Crippen LogP contribution is 2.33. The van der Waals surface area contributed by atoms with E-state index in [9.17, 15) is 14.7 Å². The maximum atomic E-state index is 11.7. The lowest BCUT2D eigenvalue weighted by atomic mass is 9.90. The molecule has 0 saturated carbocycles. The number of halogens is 2. The van der Waals surface area contributed by atoms with Crippen LogP contribution < -0.4 is 4.74 Å². The molecule has 1 aliphatic heterocycles. The van der Waals surface area contributed by atoms with Gasteiger partial charge in [-0.2, -0.15) is 0 Å². The van der Waals surface area contributed by atoms with E-state index >= 15 is 0 Å². The van der Waals surface area contributed by atoms with E-state index in [0.717, 1.165) is 70.3 Å². The lowest BCUT2D eigenvalue weighted by Crippen LogP contribution is -2.24. The first-order valence-electron chi connectivity index (χ1n) is 11.4. The van der Waals surface area contributed by atoms with Crippen molar-refractivity contribution < 1.29 is 24.2 Å². The summed E-state index contributed by atoms with van der Waals surface area (Å²) in [5, 5.41) is 9.57. The predicted molar refractivity (Wildman–Crippen MR) is 133 cm³/mol. The van der Waals surface area contributed by atoms with Gasteiger partial charge < -0.3 is 14.6 Å². The molecule has 0 amide bonds. The van der Waals surface area contributed by atoms with Crippen LogP contribution in [-0.4, -0.2) is 36.5 Å². The summed E-state index contributed by atoms with van der Waals surface area (Å²) in [5.41, 5.74) is 4.22. The van der Waals surface area contributed by atoms with Gasteiger partial charge in [-0.15, -0.1) is 0 Å². The summed E-state index contributed by atoms with van der Waals surface area (Å²) in [6.45, 7) is 2.34. The van der Waals surface area contributed by atoms with E-state index in [1.165, 1.54) is 5.56 Å². The van der Waals surface area contributed by atoms with E-state index in [1.807, 2.05) is 12.1 Å². The molecule has 0 spiro atoms. The lowest BCUT2D eigenvalue weighted by molar-refractivity contribution is -0.119. The minimum Gasteiger partial charge on any atom is -0.508 e. The minimum atomic E-state index is 0.213. The van der Waals surface area contributed by atoms with E-state index in [4.69, 9.17) is 9.47 Å². The Morgan fingerprint density at radius 3 is 2.21 bits per heavy atom. The number of benzene rings is 2. The maximum Gasteiger partial charge on any atom is 0.137 e. The Bertz CT molecular complexity index is 1040. The van der Waals surface area contributed by atoms with Crippen LogP contribution in [0, 0.1) is 5.92 Å². The number of hydrogen-bond donors (Lipinski definition) is 1. The molecule has 0 radical (unpaired) electrons. The van der Waals surface area contributed by atoms with Gasteiger partial charge in [0.25, 0.3) is 0 Å². The number of hydrogen-bond acceptors (Lipinski definition) is 5. The highest BCUT2D eigenvalue weighted by atomic mass is 79.9. The van der Waals surface area contributed by atoms with Crippen LogP contribution >= 0.6 is 31.9 Å². The number of carbonyl (C=O) groups excluding carboxylic acids is 2. The van der Waals surface area contributed by atoms with Gasteiger partial charge in [0.2, 0.25) is 0 Å². The zero-order valence-electron chi connectivity index (χ0n) is 18.5. The third-order valence-electron chi connectivity index (χ3n) is 6.37. The largest absolute Gasteiger partial charge is 0.508 e. The van der Waals surface area contributed by atoms with Crippen LogP contribution in [0.5, 0.6) is 11.5 Å². The second-order valence-corrected chi connectivity index (χ2v) is 10.8. The predicted octanol–water partition coefficient (Wildman–Crippen LogP) is 5.52. The fraction of sp³-hybridized carbons (Fsp3) is 0.462. The van der Waals surface area contributed by atoms with Crippen molar-refractivity contribution in [3.63, 3.8) is 0 Å². The fourth-order valence-electron chi connectivity index (χ4n) is 4.59. The summed E-state index contributed by atoms with van der Waals surface area (Å²) in [6.07, 6.45) is 6.01. The normalized spacial score (nSPS) is 19.8. The van der Waals surface area contributed by atoms with Gasteiger partial charge in [0, 0.05) is 58.3 Å². The standard InChI is InChI=1S/C16H19BrO3.C10H9BrO2/c17-13-6-12-3-4-14(18)8-15(12)16(7-13)20-10-11-2-1-5-19-9-11;11-7-3-6-1-2-8(12)5-9(6)10(13)4-7/h6-7,11H,1-5,8-10H2;3-4,13H,1-2,5H2. The van der Waals surface area contributed by atoms with E-state index < -0.39 is 0 Å². The monoisotopic (exact) mass is 578 g/mol. The molecule has 2 aliphatic carbocycles. The number of rotatable bonds is 3. The van der Waals surface area contributed by atoms with Gasteiger partial charge in [-0.1, -0.05) is 31.9 Å². The van der Waals surface area contributed by atoms with E-state index in [2.05, 4.69) is 37.9 Å². The van der Waals surface area contributed by atoms with Gasteiger partial charge in [-0.05, 0) is 61.1 Å². The first-order chi connectivity index (χ1) is 15.9. The quantitative estimate of drug-likeness (QED) is 0.518. The van der Waals surface area contributed by atoms with Crippen LogP contribution in [-0.2, 0) is 40.0 Å². The number of phenols is 1. The number of Topliss-reactive ketones (excluding diaryl/α,β-unsaturated/α-hetero) is 2. The highest BCUT2D eigenvalue weighted by molar-refractivity contribution is 9.10. The van der Waals surface area contributed by atoms with Gasteiger partial charge >= 0.3 is 0 Å². The molecule has 5 rings (SSSR count). The number of aryl methyl sites for hydroxylation is 2. The van der Waals surface area contributed by atoms with Gasteiger partial charge in [0.15, 0.2) is 0 Å². The Hall–Kier alpha value is -1.70. The summed E-state index contributed by atoms with van der Waals surface area (Å²) in [5.74, 6) is 2.10. The fourth-order valence-corrected chi connectivity index (χ4v) is 5.57. The van der Waals surface area contributed by atoms with Crippen molar-refractivity contribution in [1.82, 2.24) is 0 Å². The Balaban J connectivity index is 0.000000172. The summed E-state index contributed by atoms with van der Waals surface area (Å²) >= 11 is 6.84. The number of fused-ring (bicyclic) bond motifs is 2. The molecule has 1 N–H and O–H groups in total. The van der Waals surface area contributed by atoms with Gasteiger partial charge in [0.1, 0.15) is 23.1 Å². The summed E-state index contributed by atoms with van der Waals surface area (Å²) in [6, 6.07) is 7.71. The lowest BCUT2D eigenvalue weighted by Gasteiger charge is -2.24. The zero-order chi connectivity index (χ0) is 23.4. The first-order valence-corrected chi connectivity index (χ1v) is 13.0. The molecule has 7 heteroatoms. The van der Waals surface area contributed by atoms with Gasteiger partial charge in [-0.3, -0.25) is 9.59 Å². The Morgan fingerprint density at radius 1 is 0.909 bits per heavy atom. The maximum absolute atomic E-state index is 11.7. The molecular weight excluding hydrogens is 552 g/mol. The van der Waals surface area contributed by atoms with Crippen LogP contribution in [0.4, 0.5) is 0 Å². The molecular formula is C26H28Br2O5. The SMILES string of the molecule is O=C1CCc2cc(Br)cc(O)c2C1.O=C1CCc2cc(Br)cc(OCC3CCCOC3)c2C1. The topological polar surface area (TPSA) is 72.8 Å². The first kappa shape index (κ1) is 24.4. The van der Waals surface area contributed by atoms with Crippen molar-refractivity contribution >= 4 is 43.4 Å². The van der Waals surface area contributed by atoms with E-state index in [-0.39, 0.29) is 11.5 Å². The molecule has 0 bridgehead atoms. The van der Waals surface area contributed by atoms with E-state index in [0.29, 0.717) is 44.0 Å². The molecule has 3 aliphatic rings. The third-order valence-corrected chi connectivity index (χ3v) is 7.29. The van der Waals surface area contributed by atoms with Crippen LogP contribution in [0.2, 0.25) is 0 Å². The summed E-state index contributed by atoms with van der Waals surface area (Å²) in [7, 11) is 0. The Kier molecular flexibility index (Phi) is 8.25. The van der Waals surface area contributed by atoms with Crippen LogP contribution in [0.3, 0.4) is 0 Å². The average molecular weight is 580 g/mol. The van der Waals surface area contributed by atoms with Crippen molar-refractivity contribution in [2.75, 3.05) is 19.8 Å². The molecule has 1 unspecified atom stereocenters. The molecule has 1 heterocycles. The smallest absolute Gasteiger partial charge is 0.137 e. The molecule has 33 heavy (non-hydrogen) atoms. The van der Waals surface area contributed by atoms with Gasteiger partial charge in [0.05, 0.1) is 13.2 Å². The molecule has 1 saturated heterocycles. The molecule has 1 fully saturated rings. The van der Waals surface area contributed by atoms with Crippen LogP contribution in [0.15, 0.2) is 33.2 Å². The minimum absolute atomic E-state index is 0.213. The summed E-state index contributed by atoms with van der Waals surface area (Å²) in [4.78, 5) is 22.8. The van der Waals surface area contributed by atoms with Gasteiger partial charge in [-0.25, -0.2) is 0 Å². The number of phenolic OH excluding ortho intramolecular Hbond substituents is 1. The third kappa shape index (κ3) is 6.46. The molecule has 1 atom stereocenters. The molecule has 5 nitrogen and oxygen atoms in total. The molecule has 176 valence electrons. The number of ketones is 2. The highest BCUT2D eigenvalue weighted by Gasteiger charge is 2.22. The van der Waals surface area contributed by atoms with Crippen molar-refractivity contribution in [2.45, 2.75) is 51.4 Å².